The fourth-order valence-electron chi connectivity index (χ4n) is 4.12. The molecule has 1 amide bonds. The highest BCUT2D eigenvalue weighted by atomic mass is 32.2. The molecule has 2 heterocycles. The Hall–Kier alpha value is -3.44. The number of carbonyl (C=O) groups is 1. The number of amidine groups is 1. The first-order valence-corrected chi connectivity index (χ1v) is 11.9. The average molecular weight is 449 g/mol. The number of rotatable bonds is 2. The first-order valence-electron chi connectivity index (χ1n) is 10.5. The van der Waals surface area contributed by atoms with Crippen molar-refractivity contribution in [1.29, 1.82) is 5.26 Å². The van der Waals surface area contributed by atoms with Crippen LogP contribution in [-0.4, -0.2) is 56.1 Å². The molecule has 2 aliphatic heterocycles. The Kier molecular flexibility index (Phi) is 5.85. The van der Waals surface area contributed by atoms with Crippen LogP contribution in [0.4, 0.5) is 0 Å². The van der Waals surface area contributed by atoms with Crippen LogP contribution in [0.25, 0.3) is 4.91 Å². The maximum Gasteiger partial charge on any atom is 0.285 e. The fourth-order valence-corrected chi connectivity index (χ4v) is 5.61. The van der Waals surface area contributed by atoms with Gasteiger partial charge in [-0.15, -0.1) is 4.40 Å². The van der Waals surface area contributed by atoms with Gasteiger partial charge >= 0.3 is 0 Å². The highest BCUT2D eigenvalue weighted by molar-refractivity contribution is 8.00. The number of hydrogen-bond acceptors (Lipinski definition) is 5. The molecule has 7 nitrogen and oxygen atoms in total. The van der Waals surface area contributed by atoms with Crippen LogP contribution in [0.15, 0.2) is 58.5 Å². The monoisotopic (exact) mass is 448 g/mol. The van der Waals surface area contributed by atoms with Crippen molar-refractivity contribution < 1.29 is 13.2 Å². The molecule has 32 heavy (non-hydrogen) atoms. The third kappa shape index (κ3) is 4.16. The fraction of sp³-hybridized carbons (Fsp3) is 0.292. The van der Waals surface area contributed by atoms with Crippen LogP contribution >= 0.6 is 0 Å². The Bertz CT molecular complexity index is 1270. The highest BCUT2D eigenvalue weighted by Gasteiger charge is 2.34. The molecular weight excluding hydrogens is 424 g/mol. The Balaban J connectivity index is 1.55. The lowest BCUT2D eigenvalue weighted by molar-refractivity contribution is 0.0764. The third-order valence-electron chi connectivity index (χ3n) is 5.78. The molecular formula is C24H24N4O3S. The highest BCUT2D eigenvalue weighted by Crippen LogP contribution is 2.34. The van der Waals surface area contributed by atoms with Gasteiger partial charge in [0.15, 0.2) is 0 Å². The predicted octanol–water partition coefficient (Wildman–Crippen LogP) is 3.19. The zero-order valence-corrected chi connectivity index (χ0v) is 18.9. The first kappa shape index (κ1) is 21.8. The van der Waals surface area contributed by atoms with Gasteiger partial charge in [-0.25, -0.2) is 0 Å². The molecule has 4 rings (SSSR count). The molecule has 0 N–H and O–H groups in total. The van der Waals surface area contributed by atoms with Crippen molar-refractivity contribution in [1.82, 2.24) is 9.80 Å². The van der Waals surface area contributed by atoms with Crippen molar-refractivity contribution in [2.24, 2.45) is 4.40 Å². The van der Waals surface area contributed by atoms with E-state index in [1.165, 1.54) is 0 Å². The number of aryl methyl sites for hydroxylation is 1. The van der Waals surface area contributed by atoms with Crippen LogP contribution in [-0.2, 0) is 10.0 Å². The van der Waals surface area contributed by atoms with E-state index in [9.17, 15) is 13.2 Å². The Morgan fingerprint density at radius 2 is 1.78 bits per heavy atom. The number of sulfonamides is 1. The van der Waals surface area contributed by atoms with Gasteiger partial charge in [0.05, 0.1) is 11.6 Å². The summed E-state index contributed by atoms with van der Waals surface area (Å²) in [5.41, 5.74) is 3.26. The molecule has 1 saturated heterocycles. The predicted molar refractivity (Wildman–Crippen MR) is 123 cm³/mol. The van der Waals surface area contributed by atoms with Crippen molar-refractivity contribution in [3.8, 4) is 6.07 Å². The normalized spacial score (nSPS) is 18.2. The number of hydrogen-bond donors (Lipinski definition) is 0. The van der Waals surface area contributed by atoms with Crippen molar-refractivity contribution in [3.05, 3.63) is 76.4 Å². The van der Waals surface area contributed by atoms with Crippen LogP contribution in [0.3, 0.4) is 0 Å². The topological polar surface area (TPSA) is 93.8 Å². The quantitative estimate of drug-likeness (QED) is 0.703. The van der Waals surface area contributed by atoms with Gasteiger partial charge in [-0.05, 0) is 44.0 Å². The lowest BCUT2D eigenvalue weighted by Gasteiger charge is -2.24. The minimum Gasteiger partial charge on any atom is -0.354 e. The van der Waals surface area contributed by atoms with E-state index in [1.807, 2.05) is 36.1 Å². The molecule has 164 valence electrons. The van der Waals surface area contributed by atoms with Crippen LogP contribution in [0.2, 0.25) is 0 Å². The van der Waals surface area contributed by atoms with Gasteiger partial charge in [-0.1, -0.05) is 35.9 Å². The molecule has 0 radical (unpaired) electrons. The van der Waals surface area contributed by atoms with Crippen LogP contribution in [0.1, 0.15) is 40.4 Å². The summed E-state index contributed by atoms with van der Waals surface area (Å²) in [4.78, 5) is 16.9. The SMILES string of the molecule is CC1=C(c2ccc(C)cc2)S(=O)(=O)N=C1N1CCCN(C(=O)c2cccc(C#N)c2)CC1. The maximum absolute atomic E-state index is 12.9. The lowest BCUT2D eigenvalue weighted by atomic mass is 10.1. The zero-order chi connectivity index (χ0) is 22.9. The molecule has 0 unspecified atom stereocenters. The minimum absolute atomic E-state index is 0.127. The summed E-state index contributed by atoms with van der Waals surface area (Å²) in [6.45, 7) is 5.84. The van der Waals surface area contributed by atoms with Gasteiger partial charge < -0.3 is 9.80 Å². The largest absolute Gasteiger partial charge is 0.354 e. The summed E-state index contributed by atoms with van der Waals surface area (Å²) < 4.78 is 29.8. The second-order valence-corrected chi connectivity index (χ2v) is 9.58. The molecule has 0 bridgehead atoms. The summed E-state index contributed by atoms with van der Waals surface area (Å²) in [5.74, 6) is 0.332. The van der Waals surface area contributed by atoms with Crippen molar-refractivity contribution >= 4 is 26.7 Å². The molecule has 0 spiro atoms. The number of benzene rings is 2. The molecule has 0 aliphatic carbocycles. The van der Waals surface area contributed by atoms with E-state index in [1.54, 1.807) is 36.1 Å². The van der Waals surface area contributed by atoms with Crippen molar-refractivity contribution in [2.75, 3.05) is 26.2 Å². The summed E-state index contributed by atoms with van der Waals surface area (Å²) >= 11 is 0. The average Bonchev–Trinajstić information content (AvgIpc) is 2.93. The second kappa shape index (κ2) is 8.60. The van der Waals surface area contributed by atoms with Crippen LogP contribution in [0, 0.1) is 18.3 Å². The summed E-state index contributed by atoms with van der Waals surface area (Å²) in [6.07, 6.45) is 0.690. The number of amides is 1. The van der Waals surface area contributed by atoms with Gasteiger partial charge in [-0.2, -0.15) is 13.7 Å². The van der Waals surface area contributed by atoms with E-state index in [2.05, 4.69) is 10.5 Å². The van der Waals surface area contributed by atoms with Gasteiger partial charge in [0.1, 0.15) is 10.7 Å². The van der Waals surface area contributed by atoms with E-state index < -0.39 is 10.0 Å². The molecule has 2 aliphatic rings. The first-order chi connectivity index (χ1) is 15.3. The van der Waals surface area contributed by atoms with Crippen molar-refractivity contribution in [3.63, 3.8) is 0 Å². The van der Waals surface area contributed by atoms with Gasteiger partial charge in [0.2, 0.25) is 0 Å². The summed E-state index contributed by atoms with van der Waals surface area (Å²) in [5, 5.41) is 9.09. The smallest absolute Gasteiger partial charge is 0.285 e. The van der Waals surface area contributed by atoms with Gasteiger partial charge in [0.25, 0.3) is 15.9 Å². The summed E-state index contributed by atoms with van der Waals surface area (Å²) in [6, 6.07) is 16.1. The van der Waals surface area contributed by atoms with E-state index in [4.69, 9.17) is 5.26 Å². The number of nitriles is 1. The number of nitrogens with zero attached hydrogens (tertiary/aromatic N) is 4. The second-order valence-electron chi connectivity index (χ2n) is 8.04. The maximum atomic E-state index is 12.9. The number of carbonyl (C=O) groups excluding carboxylic acids is 1. The Morgan fingerprint density at radius 3 is 2.50 bits per heavy atom. The van der Waals surface area contributed by atoms with Crippen LogP contribution in [0.5, 0.6) is 0 Å². The molecule has 1 fully saturated rings. The molecule has 0 saturated carbocycles. The molecule has 8 heteroatoms. The summed E-state index contributed by atoms with van der Waals surface area (Å²) in [7, 11) is -3.78. The van der Waals surface area contributed by atoms with Crippen LogP contribution < -0.4 is 0 Å². The zero-order valence-electron chi connectivity index (χ0n) is 18.1. The lowest BCUT2D eigenvalue weighted by Crippen LogP contribution is -2.37. The van der Waals surface area contributed by atoms with E-state index in [-0.39, 0.29) is 10.8 Å². The van der Waals surface area contributed by atoms with E-state index in [0.29, 0.717) is 60.7 Å². The third-order valence-corrected chi connectivity index (χ3v) is 7.25. The standard InChI is InChI=1S/C24H24N4O3S/c1-17-7-9-20(10-8-17)22-18(2)23(26-32(22,30)31)27-11-4-12-28(14-13-27)24(29)21-6-3-5-19(15-21)16-25/h3,5-10,15H,4,11-14H2,1-2H3. The minimum atomic E-state index is -3.78. The Morgan fingerprint density at radius 1 is 1.03 bits per heavy atom. The molecule has 0 atom stereocenters. The molecule has 2 aromatic carbocycles. The van der Waals surface area contributed by atoms with Gasteiger partial charge in [-0.3, -0.25) is 4.79 Å². The molecule has 0 aromatic heterocycles. The molecule has 2 aromatic rings. The van der Waals surface area contributed by atoms with Crippen molar-refractivity contribution in [2.45, 2.75) is 20.3 Å². The van der Waals surface area contributed by atoms with E-state index >= 15 is 0 Å². The Labute approximate surface area is 188 Å². The van der Waals surface area contributed by atoms with Gasteiger partial charge in [0, 0.05) is 37.3 Å². The van der Waals surface area contributed by atoms with E-state index in [0.717, 1.165) is 5.56 Å².